The molecule has 0 aliphatic carbocycles. The zero-order valence-electron chi connectivity index (χ0n) is 19.8. The fourth-order valence-electron chi connectivity index (χ4n) is 4.05. The molecule has 7 nitrogen and oxygen atoms in total. The normalized spacial score (nSPS) is 16.4. The van der Waals surface area contributed by atoms with E-state index in [2.05, 4.69) is 43.4 Å². The molecule has 7 heteroatoms. The van der Waals surface area contributed by atoms with Crippen LogP contribution in [-0.2, 0) is 6.42 Å². The Labute approximate surface area is 194 Å². The van der Waals surface area contributed by atoms with Gasteiger partial charge < -0.3 is 14.6 Å². The molecule has 0 spiro atoms. The summed E-state index contributed by atoms with van der Waals surface area (Å²) in [5.41, 5.74) is 4.60. The lowest BCUT2D eigenvalue weighted by Gasteiger charge is -2.36. The van der Waals surface area contributed by atoms with Gasteiger partial charge in [-0.2, -0.15) is 4.98 Å². The fraction of sp³-hybridized carbons (Fsp3) is 0.346. The topological polar surface area (TPSA) is 80.5 Å². The Hall–Kier alpha value is -3.61. The maximum Gasteiger partial charge on any atom is 0.322 e. The van der Waals surface area contributed by atoms with Crippen molar-refractivity contribution in [2.45, 2.75) is 40.2 Å². The highest BCUT2D eigenvalue weighted by Crippen LogP contribution is 2.38. The van der Waals surface area contributed by atoms with Crippen molar-refractivity contribution in [2.75, 3.05) is 13.7 Å². The lowest BCUT2D eigenvalue weighted by molar-refractivity contribution is 0.199. The van der Waals surface area contributed by atoms with Gasteiger partial charge >= 0.3 is 6.03 Å². The van der Waals surface area contributed by atoms with E-state index in [1.807, 2.05) is 43.3 Å². The molecule has 0 bridgehead atoms. The maximum absolute atomic E-state index is 13.0. The molecule has 1 unspecified atom stereocenters. The predicted molar refractivity (Wildman–Crippen MR) is 128 cm³/mol. The molecule has 3 aromatic rings. The first-order chi connectivity index (χ1) is 15.9. The van der Waals surface area contributed by atoms with Gasteiger partial charge in [-0.15, -0.1) is 0 Å². The molecule has 0 saturated carbocycles. The molecule has 4 rings (SSSR count). The number of hydrogen-bond donors (Lipinski definition) is 1. The highest BCUT2D eigenvalue weighted by atomic mass is 16.5. The third-order valence-corrected chi connectivity index (χ3v) is 5.85. The van der Waals surface area contributed by atoms with Gasteiger partial charge in [-0.1, -0.05) is 62.3 Å². The minimum absolute atomic E-state index is 0.146. The summed E-state index contributed by atoms with van der Waals surface area (Å²) in [4.78, 5) is 19.5. The molecule has 2 amide bonds. The monoisotopic (exact) mass is 446 g/mol. The van der Waals surface area contributed by atoms with E-state index in [9.17, 15) is 4.79 Å². The van der Waals surface area contributed by atoms with Crippen molar-refractivity contribution < 1.29 is 14.1 Å². The molecular weight excluding hydrogens is 416 g/mol. The van der Waals surface area contributed by atoms with E-state index in [0.29, 0.717) is 29.9 Å². The van der Waals surface area contributed by atoms with E-state index in [-0.39, 0.29) is 6.03 Å². The minimum Gasteiger partial charge on any atom is -0.497 e. The number of hydrogen-bond acceptors (Lipinski definition) is 5. The molecular formula is C26H30N4O3. The summed E-state index contributed by atoms with van der Waals surface area (Å²) >= 11 is 0. The van der Waals surface area contributed by atoms with Gasteiger partial charge in [0, 0.05) is 17.8 Å². The van der Waals surface area contributed by atoms with Crippen LogP contribution in [0.15, 0.2) is 58.8 Å². The zero-order chi connectivity index (χ0) is 23.5. The lowest BCUT2D eigenvalue weighted by atomic mass is 9.94. The number of amides is 2. The van der Waals surface area contributed by atoms with E-state index in [1.165, 1.54) is 5.56 Å². The van der Waals surface area contributed by atoms with Crippen molar-refractivity contribution in [1.82, 2.24) is 20.4 Å². The van der Waals surface area contributed by atoms with Crippen molar-refractivity contribution in [3.05, 3.63) is 71.2 Å². The average molecular weight is 447 g/mol. The number of ether oxygens (including phenoxy) is 1. The largest absolute Gasteiger partial charge is 0.497 e. The van der Waals surface area contributed by atoms with Crippen LogP contribution in [0.1, 0.15) is 50.8 Å². The van der Waals surface area contributed by atoms with Crippen LogP contribution in [0.2, 0.25) is 0 Å². The molecule has 1 aliphatic heterocycles. The second-order valence-electron chi connectivity index (χ2n) is 8.64. The number of allylic oxidation sites excluding steroid dienone is 1. The summed E-state index contributed by atoms with van der Waals surface area (Å²) < 4.78 is 11.2. The first-order valence-corrected chi connectivity index (χ1v) is 11.3. The zero-order valence-corrected chi connectivity index (χ0v) is 19.8. The van der Waals surface area contributed by atoms with Crippen molar-refractivity contribution in [3.8, 4) is 17.1 Å². The minimum atomic E-state index is -0.438. The summed E-state index contributed by atoms with van der Waals surface area (Å²) in [6, 6.07) is 15.2. The molecule has 1 aromatic heterocycles. The summed E-state index contributed by atoms with van der Waals surface area (Å²) in [6.07, 6.45) is 0.970. The Morgan fingerprint density at radius 3 is 2.61 bits per heavy atom. The number of benzene rings is 2. The van der Waals surface area contributed by atoms with Crippen LogP contribution in [0, 0.1) is 5.92 Å². The Bertz CT molecular complexity index is 1160. The average Bonchev–Trinajstić information content (AvgIpc) is 3.31. The van der Waals surface area contributed by atoms with E-state index in [0.717, 1.165) is 28.8 Å². The van der Waals surface area contributed by atoms with Gasteiger partial charge in [0.25, 0.3) is 5.89 Å². The molecule has 0 radical (unpaired) electrons. The van der Waals surface area contributed by atoms with E-state index >= 15 is 0 Å². The van der Waals surface area contributed by atoms with Gasteiger partial charge in [0.2, 0.25) is 5.82 Å². The number of urea groups is 1. The van der Waals surface area contributed by atoms with Crippen LogP contribution in [0.3, 0.4) is 0 Å². The molecule has 2 aromatic carbocycles. The predicted octanol–water partition coefficient (Wildman–Crippen LogP) is 5.46. The van der Waals surface area contributed by atoms with E-state index in [4.69, 9.17) is 14.2 Å². The maximum atomic E-state index is 13.0. The molecule has 172 valence electrons. The smallest absolute Gasteiger partial charge is 0.322 e. The van der Waals surface area contributed by atoms with Gasteiger partial charge in [0.05, 0.1) is 18.7 Å². The van der Waals surface area contributed by atoms with Crippen molar-refractivity contribution >= 4 is 11.6 Å². The van der Waals surface area contributed by atoms with Gasteiger partial charge in [-0.05, 0) is 42.5 Å². The summed E-state index contributed by atoms with van der Waals surface area (Å²) in [5, 5.41) is 7.37. The van der Waals surface area contributed by atoms with Gasteiger partial charge in [0.15, 0.2) is 0 Å². The number of carbonyl (C=O) groups is 1. The van der Waals surface area contributed by atoms with Gasteiger partial charge in [-0.3, -0.25) is 4.90 Å². The van der Waals surface area contributed by atoms with Crippen molar-refractivity contribution in [2.24, 2.45) is 5.92 Å². The molecule has 0 saturated heterocycles. The number of rotatable bonds is 7. The third-order valence-electron chi connectivity index (χ3n) is 5.85. The van der Waals surface area contributed by atoms with Crippen LogP contribution in [0.25, 0.3) is 17.0 Å². The third kappa shape index (κ3) is 4.62. The molecule has 33 heavy (non-hydrogen) atoms. The molecule has 1 N–H and O–H groups in total. The van der Waals surface area contributed by atoms with Crippen LogP contribution < -0.4 is 10.1 Å². The molecule has 1 aliphatic rings. The molecule has 2 heterocycles. The quantitative estimate of drug-likeness (QED) is 0.521. The summed E-state index contributed by atoms with van der Waals surface area (Å²) in [6.45, 7) is 8.81. The van der Waals surface area contributed by atoms with Crippen molar-refractivity contribution in [3.63, 3.8) is 0 Å². The van der Waals surface area contributed by atoms with Gasteiger partial charge in [-0.25, -0.2) is 4.79 Å². The van der Waals surface area contributed by atoms with E-state index < -0.39 is 6.04 Å². The first kappa shape index (κ1) is 22.6. The van der Waals surface area contributed by atoms with Gasteiger partial charge in [0.1, 0.15) is 5.75 Å². The SMILES string of the molecule is CCc1ccc(-c2noc(C3=C(C)N(CC(C)C)C(=O)NC3c3cccc(OC)c3)n2)cc1. The first-order valence-electron chi connectivity index (χ1n) is 11.3. The van der Waals surface area contributed by atoms with Crippen LogP contribution >= 0.6 is 0 Å². The fourth-order valence-corrected chi connectivity index (χ4v) is 4.05. The molecule has 0 fully saturated rings. The number of nitrogens with zero attached hydrogens (tertiary/aromatic N) is 3. The highest BCUT2D eigenvalue weighted by molar-refractivity contribution is 5.87. The second kappa shape index (κ2) is 9.48. The number of nitrogens with one attached hydrogen (secondary N) is 1. The Kier molecular flexibility index (Phi) is 6.49. The van der Waals surface area contributed by atoms with Crippen molar-refractivity contribution in [1.29, 1.82) is 0 Å². The van der Waals surface area contributed by atoms with Crippen LogP contribution in [-0.4, -0.2) is 34.7 Å². The molecule has 1 atom stereocenters. The lowest BCUT2D eigenvalue weighted by Crippen LogP contribution is -2.47. The summed E-state index contributed by atoms with van der Waals surface area (Å²) in [7, 11) is 1.62. The second-order valence-corrected chi connectivity index (χ2v) is 8.64. The number of methoxy groups -OCH3 is 1. The van der Waals surface area contributed by atoms with Crippen LogP contribution in [0.4, 0.5) is 4.79 Å². The highest BCUT2D eigenvalue weighted by Gasteiger charge is 2.36. The number of aryl methyl sites for hydroxylation is 1. The summed E-state index contributed by atoms with van der Waals surface area (Å²) in [5.74, 6) is 1.93. The van der Waals surface area contributed by atoms with E-state index in [1.54, 1.807) is 12.0 Å². The number of carbonyl (C=O) groups excluding carboxylic acids is 1. The standard InChI is InChI=1S/C26H30N4O3/c1-6-18-10-12-19(13-11-18)24-28-25(33-29-24)22-17(4)30(15-16(2)3)26(31)27-23(22)20-8-7-9-21(14-20)32-5/h7-14,16,23H,6,15H2,1-5H3,(H,27,31). The Balaban J connectivity index is 1.79. The van der Waals surface area contributed by atoms with Crippen LogP contribution in [0.5, 0.6) is 5.75 Å². The number of aromatic nitrogens is 2. The Morgan fingerprint density at radius 2 is 1.94 bits per heavy atom. The Morgan fingerprint density at radius 1 is 1.18 bits per heavy atom.